The lowest BCUT2D eigenvalue weighted by Crippen LogP contribution is -2.23. The van der Waals surface area contributed by atoms with Gasteiger partial charge in [-0.1, -0.05) is 65.9 Å². The molecule has 7 heteroatoms. The molecule has 0 saturated heterocycles. The first-order valence-corrected chi connectivity index (χ1v) is 10.8. The van der Waals surface area contributed by atoms with E-state index in [0.717, 1.165) is 21.9 Å². The van der Waals surface area contributed by atoms with E-state index in [1.165, 1.54) is 15.9 Å². The molecular weight excluding hydrogens is 422 g/mol. The van der Waals surface area contributed by atoms with Crippen molar-refractivity contribution in [3.63, 3.8) is 0 Å². The number of benzene rings is 3. The molecule has 158 valence electrons. The van der Waals surface area contributed by atoms with Crippen LogP contribution in [0.3, 0.4) is 0 Å². The smallest absolute Gasteiger partial charge is 0.291 e. The van der Waals surface area contributed by atoms with Gasteiger partial charge in [0.15, 0.2) is 17.3 Å². The standard InChI is InChI=1S/C25H19N3O3S/c1-30-20-12-10-16(14-21(20)31-2)11-13-23-26-25-28(27-23)24(29)22(32-25)15-18-8-5-7-17-6-3-4-9-19(17)18/h3-15H,1-2H3/b13-11+,22-15-. The normalized spacial score (nSPS) is 12.2. The number of thiazole rings is 1. The summed E-state index contributed by atoms with van der Waals surface area (Å²) >= 11 is 1.33. The van der Waals surface area contributed by atoms with Crippen molar-refractivity contribution in [1.29, 1.82) is 0 Å². The van der Waals surface area contributed by atoms with Crippen LogP contribution in [0.1, 0.15) is 17.0 Å². The largest absolute Gasteiger partial charge is 0.493 e. The predicted molar refractivity (Wildman–Crippen MR) is 128 cm³/mol. The van der Waals surface area contributed by atoms with Crippen molar-refractivity contribution in [3.8, 4) is 11.5 Å². The van der Waals surface area contributed by atoms with E-state index in [2.05, 4.69) is 28.3 Å². The van der Waals surface area contributed by atoms with E-state index in [9.17, 15) is 4.79 Å². The molecule has 2 aromatic heterocycles. The second kappa shape index (κ2) is 8.28. The van der Waals surface area contributed by atoms with Gasteiger partial charge in [0.05, 0.1) is 18.8 Å². The Morgan fingerprint density at radius 2 is 1.75 bits per heavy atom. The highest BCUT2D eigenvalue weighted by Crippen LogP contribution is 2.28. The van der Waals surface area contributed by atoms with Crippen LogP contribution in [0.2, 0.25) is 0 Å². The van der Waals surface area contributed by atoms with Gasteiger partial charge in [-0.3, -0.25) is 4.79 Å². The zero-order chi connectivity index (χ0) is 22.1. The Hall–Kier alpha value is -3.97. The van der Waals surface area contributed by atoms with Gasteiger partial charge in [0.25, 0.3) is 5.56 Å². The topological polar surface area (TPSA) is 65.7 Å². The van der Waals surface area contributed by atoms with Gasteiger partial charge in [-0.05, 0) is 46.2 Å². The highest BCUT2D eigenvalue weighted by molar-refractivity contribution is 7.15. The highest BCUT2D eigenvalue weighted by Gasteiger charge is 2.10. The van der Waals surface area contributed by atoms with Gasteiger partial charge in [0, 0.05) is 0 Å². The van der Waals surface area contributed by atoms with Crippen molar-refractivity contribution in [1.82, 2.24) is 14.6 Å². The molecule has 0 bridgehead atoms. The van der Waals surface area contributed by atoms with E-state index in [1.807, 2.05) is 54.6 Å². The first-order valence-electron chi connectivity index (χ1n) is 9.95. The Balaban J connectivity index is 1.49. The summed E-state index contributed by atoms with van der Waals surface area (Å²) in [5.74, 6) is 1.78. The lowest BCUT2D eigenvalue weighted by Gasteiger charge is -2.07. The molecule has 0 amide bonds. The number of ether oxygens (including phenoxy) is 2. The molecule has 0 saturated carbocycles. The van der Waals surface area contributed by atoms with Crippen molar-refractivity contribution >= 4 is 45.3 Å². The number of rotatable bonds is 5. The number of aromatic nitrogens is 3. The molecule has 3 aromatic carbocycles. The third-order valence-corrected chi connectivity index (χ3v) is 6.10. The molecule has 0 N–H and O–H groups in total. The van der Waals surface area contributed by atoms with Gasteiger partial charge in [-0.2, -0.15) is 9.50 Å². The van der Waals surface area contributed by atoms with Crippen LogP contribution >= 0.6 is 11.3 Å². The van der Waals surface area contributed by atoms with Gasteiger partial charge >= 0.3 is 0 Å². The second-order valence-corrected chi connectivity index (χ2v) is 8.11. The number of hydrogen-bond acceptors (Lipinski definition) is 6. The van der Waals surface area contributed by atoms with Gasteiger partial charge in [-0.15, -0.1) is 5.10 Å². The quantitative estimate of drug-likeness (QED) is 0.412. The van der Waals surface area contributed by atoms with Gasteiger partial charge in [0.1, 0.15) is 0 Å². The van der Waals surface area contributed by atoms with Crippen molar-refractivity contribution < 1.29 is 9.47 Å². The van der Waals surface area contributed by atoms with E-state index in [0.29, 0.717) is 26.8 Å². The average Bonchev–Trinajstić information content (AvgIpc) is 3.36. The monoisotopic (exact) mass is 441 g/mol. The Morgan fingerprint density at radius 1 is 0.938 bits per heavy atom. The summed E-state index contributed by atoms with van der Waals surface area (Å²) in [4.78, 5) is 18.0. The van der Waals surface area contributed by atoms with E-state index in [-0.39, 0.29) is 5.56 Å². The van der Waals surface area contributed by atoms with E-state index < -0.39 is 0 Å². The maximum Gasteiger partial charge on any atom is 0.291 e. The number of hydrogen-bond donors (Lipinski definition) is 0. The minimum atomic E-state index is -0.170. The van der Waals surface area contributed by atoms with E-state index in [4.69, 9.17) is 9.47 Å². The van der Waals surface area contributed by atoms with Crippen LogP contribution in [0.25, 0.3) is 34.0 Å². The van der Waals surface area contributed by atoms with Crippen LogP contribution in [0, 0.1) is 0 Å². The molecule has 0 unspecified atom stereocenters. The van der Waals surface area contributed by atoms with Crippen LogP contribution in [-0.4, -0.2) is 28.8 Å². The zero-order valence-electron chi connectivity index (χ0n) is 17.5. The molecule has 0 aliphatic carbocycles. The lowest BCUT2D eigenvalue weighted by molar-refractivity contribution is 0.355. The third kappa shape index (κ3) is 3.63. The SMILES string of the molecule is COc1ccc(/C=C/c2nc3s/c(=C\c4cccc5ccccc45)c(=O)n3n2)cc1OC. The Bertz CT molecular complexity index is 1580. The van der Waals surface area contributed by atoms with Crippen molar-refractivity contribution in [2.45, 2.75) is 0 Å². The minimum Gasteiger partial charge on any atom is -0.493 e. The summed E-state index contributed by atoms with van der Waals surface area (Å²) in [7, 11) is 3.20. The maximum atomic E-state index is 12.9. The summed E-state index contributed by atoms with van der Waals surface area (Å²) < 4.78 is 12.6. The molecule has 32 heavy (non-hydrogen) atoms. The van der Waals surface area contributed by atoms with Crippen LogP contribution in [0.15, 0.2) is 65.5 Å². The Morgan fingerprint density at radius 3 is 2.56 bits per heavy atom. The summed E-state index contributed by atoms with van der Waals surface area (Å²) in [6.07, 6.45) is 5.55. The van der Waals surface area contributed by atoms with Crippen molar-refractivity contribution in [2.24, 2.45) is 0 Å². The third-order valence-electron chi connectivity index (χ3n) is 5.14. The molecule has 0 radical (unpaired) electrons. The molecule has 0 fully saturated rings. The van der Waals surface area contributed by atoms with Gasteiger partial charge < -0.3 is 9.47 Å². The molecule has 0 atom stereocenters. The molecule has 5 aromatic rings. The van der Waals surface area contributed by atoms with E-state index >= 15 is 0 Å². The summed E-state index contributed by atoms with van der Waals surface area (Å²) in [6.45, 7) is 0. The number of fused-ring (bicyclic) bond motifs is 2. The number of methoxy groups -OCH3 is 2. The first-order chi connectivity index (χ1) is 15.7. The lowest BCUT2D eigenvalue weighted by atomic mass is 10.0. The maximum absolute atomic E-state index is 12.9. The van der Waals surface area contributed by atoms with Crippen LogP contribution in [0.4, 0.5) is 0 Å². The summed E-state index contributed by atoms with van der Waals surface area (Å²) in [5.41, 5.74) is 1.74. The highest BCUT2D eigenvalue weighted by atomic mass is 32.1. The van der Waals surface area contributed by atoms with Gasteiger partial charge in [0.2, 0.25) is 4.96 Å². The van der Waals surface area contributed by atoms with Crippen molar-refractivity contribution in [2.75, 3.05) is 14.2 Å². The molecule has 5 rings (SSSR count). The molecule has 0 aliphatic rings. The molecule has 0 spiro atoms. The average molecular weight is 442 g/mol. The molecule has 0 aliphatic heterocycles. The minimum absolute atomic E-state index is 0.170. The second-order valence-electron chi connectivity index (χ2n) is 7.10. The Labute approximate surface area is 187 Å². The molecule has 2 heterocycles. The van der Waals surface area contributed by atoms with Crippen LogP contribution in [0.5, 0.6) is 11.5 Å². The fourth-order valence-corrected chi connectivity index (χ4v) is 4.47. The van der Waals surface area contributed by atoms with E-state index in [1.54, 1.807) is 20.3 Å². The Kier molecular flexibility index (Phi) is 5.17. The van der Waals surface area contributed by atoms with Gasteiger partial charge in [-0.25, -0.2) is 0 Å². The van der Waals surface area contributed by atoms with Crippen LogP contribution < -0.4 is 19.6 Å². The predicted octanol–water partition coefficient (Wildman–Crippen LogP) is 4.04. The fourth-order valence-electron chi connectivity index (χ4n) is 3.56. The number of nitrogens with zero attached hydrogens (tertiary/aromatic N) is 3. The molecular formula is C25H19N3O3S. The summed E-state index contributed by atoms with van der Waals surface area (Å²) in [5, 5.41) is 6.61. The van der Waals surface area contributed by atoms with Crippen LogP contribution in [-0.2, 0) is 0 Å². The fraction of sp³-hybridized carbons (Fsp3) is 0.0800. The van der Waals surface area contributed by atoms with Crippen molar-refractivity contribution in [3.05, 3.63) is 92.5 Å². The first kappa shape index (κ1) is 20.0. The zero-order valence-corrected chi connectivity index (χ0v) is 18.3. The summed E-state index contributed by atoms with van der Waals surface area (Å²) in [6, 6.07) is 19.8. The molecule has 6 nitrogen and oxygen atoms in total.